The molecule has 0 saturated heterocycles. The minimum absolute atomic E-state index is 0.512. The lowest BCUT2D eigenvalue weighted by Gasteiger charge is -2.22. The van der Waals surface area contributed by atoms with Crippen molar-refractivity contribution in [3.8, 4) is 0 Å². The van der Waals surface area contributed by atoms with Gasteiger partial charge >= 0.3 is 0 Å². The van der Waals surface area contributed by atoms with Gasteiger partial charge in [-0.25, -0.2) is 4.68 Å². The molecule has 4 heteroatoms. The summed E-state index contributed by atoms with van der Waals surface area (Å²) in [6.45, 7) is 7.72. The lowest BCUT2D eigenvalue weighted by molar-refractivity contribution is 0.447. The van der Waals surface area contributed by atoms with Crippen molar-refractivity contribution >= 4 is 21.7 Å². The Morgan fingerprint density at radius 3 is 2.93 bits per heavy atom. The van der Waals surface area contributed by atoms with Crippen molar-refractivity contribution in [2.75, 3.05) is 11.9 Å². The van der Waals surface area contributed by atoms with Crippen LogP contribution in [-0.2, 0) is 6.42 Å². The molecule has 0 spiro atoms. The van der Waals surface area contributed by atoms with Crippen LogP contribution < -0.4 is 5.32 Å². The van der Waals surface area contributed by atoms with Crippen LogP contribution in [0.3, 0.4) is 0 Å². The highest BCUT2D eigenvalue weighted by atomic mass is 79.9. The average Bonchev–Trinajstić information content (AvgIpc) is 2.46. The molecule has 15 heavy (non-hydrogen) atoms. The molecule has 3 nitrogen and oxygen atoms in total. The number of hydrogen-bond acceptors (Lipinski definition) is 2. The molecule has 0 radical (unpaired) electrons. The summed E-state index contributed by atoms with van der Waals surface area (Å²) in [5.74, 6) is 1.80. The van der Waals surface area contributed by atoms with E-state index in [0.29, 0.717) is 12.0 Å². The molecule has 0 bridgehead atoms. The molecule has 0 fully saturated rings. The summed E-state index contributed by atoms with van der Waals surface area (Å²) in [4.78, 5) is 0. The fourth-order valence-corrected chi connectivity index (χ4v) is 2.54. The van der Waals surface area contributed by atoms with Crippen molar-refractivity contribution in [1.29, 1.82) is 0 Å². The molecule has 1 aromatic rings. The molecular weight excluding hydrogens is 254 g/mol. The summed E-state index contributed by atoms with van der Waals surface area (Å²) in [5.41, 5.74) is 1.18. The van der Waals surface area contributed by atoms with Crippen LogP contribution in [0, 0.1) is 5.92 Å². The SMILES string of the molecule is CC(C)Cc1nn2c(c1Br)NCCC2C. The third-order valence-electron chi connectivity index (χ3n) is 2.79. The fraction of sp³-hybridized carbons (Fsp3) is 0.727. The Hall–Kier alpha value is -0.510. The molecule has 0 aliphatic carbocycles. The topological polar surface area (TPSA) is 29.9 Å². The second-order valence-electron chi connectivity index (χ2n) is 4.72. The lowest BCUT2D eigenvalue weighted by Crippen LogP contribution is -2.21. The van der Waals surface area contributed by atoms with E-state index in [-0.39, 0.29) is 0 Å². The standard InChI is InChI=1S/C11H18BrN3/c1-7(2)6-9-10(12)11-13-5-4-8(3)15(11)14-9/h7-8,13H,4-6H2,1-3H3. The van der Waals surface area contributed by atoms with E-state index in [2.05, 4.69) is 51.8 Å². The van der Waals surface area contributed by atoms with Gasteiger partial charge in [-0.05, 0) is 41.6 Å². The highest BCUT2D eigenvalue weighted by molar-refractivity contribution is 9.10. The van der Waals surface area contributed by atoms with E-state index in [4.69, 9.17) is 0 Å². The number of rotatable bonds is 2. The van der Waals surface area contributed by atoms with Crippen LogP contribution in [0.25, 0.3) is 0 Å². The summed E-state index contributed by atoms with van der Waals surface area (Å²) in [5, 5.41) is 8.09. The Labute approximate surface area is 99.4 Å². The molecule has 0 saturated carbocycles. The van der Waals surface area contributed by atoms with E-state index in [0.717, 1.165) is 29.7 Å². The molecular formula is C11H18BrN3. The second kappa shape index (κ2) is 4.16. The van der Waals surface area contributed by atoms with Gasteiger partial charge in [-0.15, -0.1) is 0 Å². The van der Waals surface area contributed by atoms with Gasteiger partial charge in [-0.3, -0.25) is 0 Å². The summed E-state index contributed by atoms with van der Waals surface area (Å²) in [6, 6.07) is 0.512. The number of nitrogens with one attached hydrogen (secondary N) is 1. The number of aromatic nitrogens is 2. The van der Waals surface area contributed by atoms with Gasteiger partial charge in [0, 0.05) is 6.54 Å². The normalized spacial score (nSPS) is 20.2. The largest absolute Gasteiger partial charge is 0.369 e. The first kappa shape index (κ1) is 11.0. The Kier molecular flexibility index (Phi) is 3.05. The van der Waals surface area contributed by atoms with Gasteiger partial charge in [0.15, 0.2) is 0 Å². The number of halogens is 1. The van der Waals surface area contributed by atoms with Gasteiger partial charge in [-0.2, -0.15) is 5.10 Å². The van der Waals surface area contributed by atoms with E-state index < -0.39 is 0 Å². The van der Waals surface area contributed by atoms with Crippen molar-refractivity contribution in [1.82, 2.24) is 9.78 Å². The van der Waals surface area contributed by atoms with Crippen LogP contribution in [-0.4, -0.2) is 16.3 Å². The molecule has 2 rings (SSSR count). The van der Waals surface area contributed by atoms with E-state index in [9.17, 15) is 0 Å². The monoisotopic (exact) mass is 271 g/mol. The number of anilines is 1. The number of hydrogen-bond donors (Lipinski definition) is 1. The van der Waals surface area contributed by atoms with Crippen LogP contribution in [0.15, 0.2) is 4.47 Å². The summed E-state index contributed by atoms with van der Waals surface area (Å²) < 4.78 is 3.27. The minimum Gasteiger partial charge on any atom is -0.369 e. The number of fused-ring (bicyclic) bond motifs is 1. The second-order valence-corrected chi connectivity index (χ2v) is 5.51. The van der Waals surface area contributed by atoms with Gasteiger partial charge in [0.2, 0.25) is 0 Å². The lowest BCUT2D eigenvalue weighted by atomic mass is 10.1. The maximum Gasteiger partial charge on any atom is 0.139 e. The maximum absolute atomic E-state index is 4.68. The van der Waals surface area contributed by atoms with E-state index in [1.165, 1.54) is 5.69 Å². The molecule has 1 aliphatic heterocycles. The van der Waals surface area contributed by atoms with Gasteiger partial charge in [0.1, 0.15) is 5.82 Å². The van der Waals surface area contributed by atoms with E-state index in [1.54, 1.807) is 0 Å². The van der Waals surface area contributed by atoms with Gasteiger partial charge in [-0.1, -0.05) is 13.8 Å². The smallest absolute Gasteiger partial charge is 0.139 e. The average molecular weight is 272 g/mol. The van der Waals surface area contributed by atoms with Gasteiger partial charge in [0.25, 0.3) is 0 Å². The van der Waals surface area contributed by atoms with Crippen molar-refractivity contribution in [3.05, 3.63) is 10.2 Å². The molecule has 2 heterocycles. The molecule has 1 unspecified atom stereocenters. The highest BCUT2D eigenvalue weighted by Gasteiger charge is 2.22. The van der Waals surface area contributed by atoms with Gasteiger partial charge < -0.3 is 5.32 Å². The van der Waals surface area contributed by atoms with E-state index >= 15 is 0 Å². The molecule has 0 aromatic carbocycles. The van der Waals surface area contributed by atoms with E-state index in [1.807, 2.05) is 0 Å². The molecule has 84 valence electrons. The predicted molar refractivity (Wildman–Crippen MR) is 66.3 cm³/mol. The van der Waals surface area contributed by atoms with Crippen LogP contribution in [0.2, 0.25) is 0 Å². The highest BCUT2D eigenvalue weighted by Crippen LogP contribution is 2.33. The number of nitrogens with zero attached hydrogens (tertiary/aromatic N) is 2. The van der Waals surface area contributed by atoms with Crippen molar-refractivity contribution in [2.45, 2.75) is 39.7 Å². The first-order chi connectivity index (χ1) is 7.09. The van der Waals surface area contributed by atoms with Crippen LogP contribution in [0.5, 0.6) is 0 Å². The summed E-state index contributed by atoms with van der Waals surface area (Å²) in [6.07, 6.45) is 2.19. The summed E-state index contributed by atoms with van der Waals surface area (Å²) >= 11 is 3.65. The zero-order chi connectivity index (χ0) is 11.0. The Bertz CT molecular complexity index is 357. The van der Waals surface area contributed by atoms with Crippen molar-refractivity contribution < 1.29 is 0 Å². The van der Waals surface area contributed by atoms with Gasteiger partial charge in [0.05, 0.1) is 16.2 Å². The van der Waals surface area contributed by atoms with Crippen LogP contribution >= 0.6 is 15.9 Å². The molecule has 1 N–H and O–H groups in total. The molecule has 1 aliphatic rings. The fourth-order valence-electron chi connectivity index (χ4n) is 1.98. The zero-order valence-electron chi connectivity index (χ0n) is 9.55. The zero-order valence-corrected chi connectivity index (χ0v) is 11.1. The Balaban J connectivity index is 2.34. The van der Waals surface area contributed by atoms with Crippen LogP contribution in [0.1, 0.15) is 38.9 Å². The third-order valence-corrected chi connectivity index (χ3v) is 3.63. The summed E-state index contributed by atoms with van der Waals surface area (Å²) in [7, 11) is 0. The maximum atomic E-state index is 4.68. The predicted octanol–water partition coefficient (Wildman–Crippen LogP) is 3.22. The molecule has 1 atom stereocenters. The first-order valence-corrected chi connectivity index (χ1v) is 6.39. The Morgan fingerprint density at radius 2 is 2.33 bits per heavy atom. The Morgan fingerprint density at radius 1 is 1.60 bits per heavy atom. The minimum atomic E-state index is 0.512. The molecule has 1 aromatic heterocycles. The van der Waals surface area contributed by atoms with Crippen molar-refractivity contribution in [2.24, 2.45) is 5.92 Å². The first-order valence-electron chi connectivity index (χ1n) is 5.60. The quantitative estimate of drug-likeness (QED) is 0.895. The van der Waals surface area contributed by atoms with Crippen molar-refractivity contribution in [3.63, 3.8) is 0 Å². The third kappa shape index (κ3) is 2.05. The van der Waals surface area contributed by atoms with Crippen LogP contribution in [0.4, 0.5) is 5.82 Å². The molecule has 0 amide bonds.